The summed E-state index contributed by atoms with van der Waals surface area (Å²) in [6.45, 7) is 2.97. The van der Waals surface area contributed by atoms with Crippen molar-refractivity contribution in [3.63, 3.8) is 0 Å². The van der Waals surface area contributed by atoms with Gasteiger partial charge >= 0.3 is 0 Å². The fraction of sp³-hybridized carbons (Fsp3) is 0.238. The summed E-state index contributed by atoms with van der Waals surface area (Å²) in [5.74, 6) is 0.932. The van der Waals surface area contributed by atoms with E-state index in [1.807, 2.05) is 6.07 Å². The van der Waals surface area contributed by atoms with Gasteiger partial charge in [0.1, 0.15) is 5.75 Å². The van der Waals surface area contributed by atoms with Gasteiger partial charge in [0.05, 0.1) is 18.8 Å². The molecule has 24 heavy (non-hydrogen) atoms. The molecule has 4 rings (SSSR count). The topological polar surface area (TPSA) is 26.2 Å². The molecule has 1 aliphatic heterocycles. The number of methoxy groups -OCH3 is 1. The van der Waals surface area contributed by atoms with Crippen LogP contribution in [0.1, 0.15) is 35.3 Å². The molecule has 3 heteroatoms. The molecular formula is C21H22N2O. The number of nitrogens with zero attached hydrogens (tertiary/aromatic N) is 1. The van der Waals surface area contributed by atoms with Crippen molar-refractivity contribution in [3.05, 3.63) is 83.2 Å². The zero-order valence-electron chi connectivity index (χ0n) is 14.1. The third-order valence-electron chi connectivity index (χ3n) is 4.87. The molecule has 0 saturated heterocycles. The van der Waals surface area contributed by atoms with E-state index in [-0.39, 0.29) is 6.04 Å². The van der Waals surface area contributed by atoms with Crippen LogP contribution in [0.5, 0.6) is 5.75 Å². The summed E-state index contributed by atoms with van der Waals surface area (Å²) in [6, 6.07) is 19.6. The lowest BCUT2D eigenvalue weighted by Crippen LogP contribution is -2.21. The molecule has 1 N–H and O–H groups in total. The minimum Gasteiger partial charge on any atom is -0.496 e. The van der Waals surface area contributed by atoms with E-state index in [1.165, 1.54) is 28.1 Å². The molecule has 1 atom stereocenters. The summed E-state index contributed by atoms with van der Waals surface area (Å²) in [5, 5.41) is 3.71. The third-order valence-corrected chi connectivity index (χ3v) is 4.87. The van der Waals surface area contributed by atoms with Crippen LogP contribution in [0, 0.1) is 0 Å². The lowest BCUT2D eigenvalue weighted by atomic mass is 10.0. The van der Waals surface area contributed by atoms with E-state index in [0.717, 1.165) is 18.7 Å². The maximum atomic E-state index is 5.58. The van der Waals surface area contributed by atoms with E-state index in [2.05, 4.69) is 71.5 Å². The Balaban J connectivity index is 1.81. The summed E-state index contributed by atoms with van der Waals surface area (Å²) in [6.07, 6.45) is 3.20. The number of aryl methyl sites for hydroxylation is 1. The Labute approximate surface area is 142 Å². The fourth-order valence-corrected chi connectivity index (χ4v) is 3.54. The molecule has 0 fully saturated rings. The summed E-state index contributed by atoms with van der Waals surface area (Å²) in [7, 11) is 1.73. The summed E-state index contributed by atoms with van der Waals surface area (Å²) < 4.78 is 7.85. The Morgan fingerprint density at radius 3 is 2.67 bits per heavy atom. The average molecular weight is 318 g/mol. The molecular weight excluding hydrogens is 296 g/mol. The second-order valence-corrected chi connectivity index (χ2v) is 6.17. The Hall–Kier alpha value is -2.52. The summed E-state index contributed by atoms with van der Waals surface area (Å²) in [5.41, 5.74) is 6.30. The van der Waals surface area contributed by atoms with Gasteiger partial charge in [0.2, 0.25) is 0 Å². The maximum absolute atomic E-state index is 5.58. The summed E-state index contributed by atoms with van der Waals surface area (Å²) in [4.78, 5) is 0. The Morgan fingerprint density at radius 2 is 1.92 bits per heavy atom. The van der Waals surface area contributed by atoms with E-state index < -0.39 is 0 Å². The predicted octanol–water partition coefficient (Wildman–Crippen LogP) is 4.24. The molecule has 3 nitrogen and oxygen atoms in total. The zero-order chi connectivity index (χ0) is 16.5. The van der Waals surface area contributed by atoms with Gasteiger partial charge in [0, 0.05) is 24.0 Å². The Kier molecular flexibility index (Phi) is 3.87. The van der Waals surface area contributed by atoms with Gasteiger partial charge < -0.3 is 14.6 Å². The van der Waals surface area contributed by atoms with Crippen LogP contribution in [0.15, 0.2) is 60.8 Å². The first kappa shape index (κ1) is 15.0. The molecule has 0 spiro atoms. The number of rotatable bonds is 3. The van der Waals surface area contributed by atoms with Crippen LogP contribution < -0.4 is 10.1 Å². The molecule has 2 heterocycles. The monoisotopic (exact) mass is 318 g/mol. The maximum Gasteiger partial charge on any atom is 0.125 e. The van der Waals surface area contributed by atoms with Crippen molar-refractivity contribution >= 4 is 0 Å². The molecule has 0 unspecified atom stereocenters. The van der Waals surface area contributed by atoms with E-state index in [0.29, 0.717) is 0 Å². The largest absolute Gasteiger partial charge is 0.496 e. The highest BCUT2D eigenvalue weighted by molar-refractivity contribution is 5.53. The minimum absolute atomic E-state index is 0.169. The van der Waals surface area contributed by atoms with Crippen LogP contribution in [-0.2, 0) is 13.0 Å². The molecule has 0 amide bonds. The van der Waals surface area contributed by atoms with Crippen molar-refractivity contribution in [2.24, 2.45) is 0 Å². The molecule has 1 aromatic heterocycles. The normalized spacial score (nSPS) is 16.2. The molecule has 0 aliphatic carbocycles. The highest BCUT2D eigenvalue weighted by Crippen LogP contribution is 2.34. The summed E-state index contributed by atoms with van der Waals surface area (Å²) >= 11 is 0. The van der Waals surface area contributed by atoms with E-state index in [1.54, 1.807) is 7.11 Å². The second-order valence-electron chi connectivity index (χ2n) is 6.17. The third kappa shape index (κ3) is 2.42. The lowest BCUT2D eigenvalue weighted by molar-refractivity contribution is 0.407. The van der Waals surface area contributed by atoms with Crippen molar-refractivity contribution in [1.82, 2.24) is 9.88 Å². The van der Waals surface area contributed by atoms with Crippen LogP contribution in [0.3, 0.4) is 0 Å². The Bertz CT molecular complexity index is 849. The lowest BCUT2D eigenvalue weighted by Gasteiger charge is -2.18. The minimum atomic E-state index is 0.169. The van der Waals surface area contributed by atoms with Gasteiger partial charge in [-0.25, -0.2) is 0 Å². The molecule has 2 aromatic carbocycles. The predicted molar refractivity (Wildman–Crippen MR) is 96.8 cm³/mol. The number of hydrogen-bond acceptors (Lipinski definition) is 2. The van der Waals surface area contributed by atoms with Crippen LogP contribution in [0.2, 0.25) is 0 Å². The van der Waals surface area contributed by atoms with Gasteiger partial charge in [-0.1, -0.05) is 37.3 Å². The smallest absolute Gasteiger partial charge is 0.125 e. The van der Waals surface area contributed by atoms with Gasteiger partial charge in [-0.3, -0.25) is 0 Å². The molecule has 1 aliphatic rings. The van der Waals surface area contributed by atoms with Crippen LogP contribution in [0.25, 0.3) is 5.69 Å². The SMILES string of the molecule is CCc1ccc([C@H]2NCc3c(OC)cccc3-n3cccc32)cc1. The highest BCUT2D eigenvalue weighted by atomic mass is 16.5. The van der Waals surface area contributed by atoms with Crippen LogP contribution in [0.4, 0.5) is 0 Å². The van der Waals surface area contributed by atoms with Gasteiger partial charge in [0.25, 0.3) is 0 Å². The number of hydrogen-bond donors (Lipinski definition) is 1. The molecule has 0 saturated carbocycles. The number of ether oxygens (including phenoxy) is 1. The highest BCUT2D eigenvalue weighted by Gasteiger charge is 2.24. The van der Waals surface area contributed by atoms with Gasteiger partial charge in [-0.15, -0.1) is 0 Å². The molecule has 0 bridgehead atoms. The van der Waals surface area contributed by atoms with Gasteiger partial charge in [-0.05, 0) is 41.8 Å². The number of benzene rings is 2. The average Bonchev–Trinajstić information content (AvgIpc) is 3.06. The van der Waals surface area contributed by atoms with Gasteiger partial charge in [0.15, 0.2) is 0 Å². The fourth-order valence-electron chi connectivity index (χ4n) is 3.54. The second kappa shape index (κ2) is 6.17. The number of nitrogens with one attached hydrogen (secondary N) is 1. The molecule has 3 aromatic rings. The van der Waals surface area contributed by atoms with E-state index in [9.17, 15) is 0 Å². The number of aromatic nitrogens is 1. The van der Waals surface area contributed by atoms with E-state index in [4.69, 9.17) is 4.74 Å². The Morgan fingerprint density at radius 1 is 1.08 bits per heavy atom. The first-order valence-electron chi connectivity index (χ1n) is 8.47. The van der Waals surface area contributed by atoms with Gasteiger partial charge in [-0.2, -0.15) is 0 Å². The first-order valence-corrected chi connectivity index (χ1v) is 8.47. The standard InChI is InChI=1S/C21H22N2O/c1-3-15-9-11-16(12-10-15)21-19-7-5-13-23(19)18-6-4-8-20(24-2)17(18)14-22-21/h4-13,21-22H,3,14H2,1-2H3/t21-/m1/s1. The van der Waals surface area contributed by atoms with Crippen molar-refractivity contribution in [3.8, 4) is 11.4 Å². The van der Waals surface area contributed by atoms with Crippen molar-refractivity contribution in [2.45, 2.75) is 25.9 Å². The van der Waals surface area contributed by atoms with Crippen molar-refractivity contribution < 1.29 is 4.74 Å². The quantitative estimate of drug-likeness (QED) is 0.782. The van der Waals surface area contributed by atoms with Crippen LogP contribution >= 0.6 is 0 Å². The molecule has 122 valence electrons. The zero-order valence-corrected chi connectivity index (χ0v) is 14.1. The van der Waals surface area contributed by atoms with E-state index >= 15 is 0 Å². The van der Waals surface area contributed by atoms with Crippen molar-refractivity contribution in [2.75, 3.05) is 7.11 Å². The molecule has 0 radical (unpaired) electrons. The van der Waals surface area contributed by atoms with Crippen molar-refractivity contribution in [1.29, 1.82) is 0 Å². The first-order chi connectivity index (χ1) is 11.8. The number of fused-ring (bicyclic) bond motifs is 3. The van der Waals surface area contributed by atoms with Crippen LogP contribution in [-0.4, -0.2) is 11.7 Å².